The minimum absolute atomic E-state index is 0.114. The zero-order chi connectivity index (χ0) is 53.4. The number of allylic oxidation sites excluding steroid dienone is 12. The second-order valence-corrected chi connectivity index (χ2v) is 20.7. The van der Waals surface area contributed by atoms with Crippen LogP contribution >= 0.6 is 15.6 Å². The number of esters is 2. The number of unbranched alkanes of at least 4 members (excludes halogenated alkanes) is 5. The maximum atomic E-state index is 13.8. The second kappa shape index (κ2) is 36.9. The smallest absolute Gasteiger partial charge is 0.462 e. The molecule has 1 fully saturated rings. The first-order chi connectivity index (χ1) is 34.3. The van der Waals surface area contributed by atoms with Crippen molar-refractivity contribution in [3.63, 3.8) is 0 Å². The van der Waals surface area contributed by atoms with Gasteiger partial charge in [0.2, 0.25) is 0 Å². The van der Waals surface area contributed by atoms with Crippen LogP contribution in [0.3, 0.4) is 0 Å². The number of phosphoric acid groups is 2. The molecule has 1 heterocycles. The van der Waals surface area contributed by atoms with E-state index >= 15 is 0 Å². The van der Waals surface area contributed by atoms with Gasteiger partial charge in [0, 0.05) is 31.1 Å². The number of rotatable bonds is 24. The fourth-order valence-electron chi connectivity index (χ4n) is 7.94. The highest BCUT2D eigenvalue weighted by Gasteiger charge is 2.51. The van der Waals surface area contributed by atoms with E-state index in [-0.39, 0.29) is 44.9 Å². The van der Waals surface area contributed by atoms with Crippen molar-refractivity contribution in [2.24, 2.45) is 11.8 Å². The molecule has 1 aliphatic carbocycles. The molecule has 0 saturated heterocycles. The number of aliphatic hydroxyl groups excluding tert-OH is 7. The van der Waals surface area contributed by atoms with Crippen molar-refractivity contribution in [1.29, 1.82) is 0 Å². The van der Waals surface area contributed by atoms with Crippen LogP contribution < -0.4 is 0 Å². The number of ether oxygens (including phenoxy) is 2. The third-order valence-corrected chi connectivity index (χ3v) is 13.5. The summed E-state index contributed by atoms with van der Waals surface area (Å²) in [6.07, 6.45) is 14.7. The summed E-state index contributed by atoms with van der Waals surface area (Å²) in [6.45, 7) is 2.48. The topological polar surface area (TPSA) is 317 Å². The molecular formula is C51H84O19P2. The predicted molar refractivity (Wildman–Crippen MR) is 270 cm³/mol. The molecule has 0 aromatic heterocycles. The molecule has 0 spiro atoms. The van der Waals surface area contributed by atoms with Gasteiger partial charge in [-0.3, -0.25) is 23.2 Å². The highest BCUT2D eigenvalue weighted by molar-refractivity contribution is 7.47. The van der Waals surface area contributed by atoms with Gasteiger partial charge < -0.3 is 59.9 Å². The molecule has 13 atom stereocenters. The zero-order valence-electron chi connectivity index (χ0n) is 41.9. The molecule has 10 N–H and O–H groups in total. The van der Waals surface area contributed by atoms with Crippen molar-refractivity contribution < 1.29 is 92.2 Å². The molecule has 21 heteroatoms. The van der Waals surface area contributed by atoms with Crippen LogP contribution in [0.1, 0.15) is 136 Å². The molecule has 2 aliphatic rings. The Morgan fingerprint density at radius 3 is 2.00 bits per heavy atom. The summed E-state index contributed by atoms with van der Waals surface area (Å²) in [7, 11) is -11.5. The Bertz CT molecular complexity index is 1830. The number of carbonyl (C=O) groups is 2. The predicted octanol–water partition coefficient (Wildman–Crippen LogP) is 6.55. The molecule has 2 bridgehead atoms. The van der Waals surface area contributed by atoms with E-state index in [1.54, 1.807) is 12.2 Å². The van der Waals surface area contributed by atoms with Crippen molar-refractivity contribution in [2.75, 3.05) is 13.2 Å². The van der Waals surface area contributed by atoms with E-state index in [0.717, 1.165) is 44.6 Å². The molecule has 2 rings (SSSR count). The molecule has 19 nitrogen and oxygen atoms in total. The number of hydrogen-bond acceptors (Lipinski definition) is 16. The third kappa shape index (κ3) is 28.1. The standard InChI is InChI=1S/C51H84O19P2/c1-3-5-7-8-9-10-11-12-13-14-15-16-17-18-19-20-21-22-28-32-45(56)68-39-36-66-44(55)31-27-24-23-26-30-40-42(53)35-43(54)41(34-33-38(52)29-25-6-4-2)47(58)50(69-71(61,62)63)51(49(60)48(59)46(40)57)70-72(64,65)67-37-39/h9-10,12-13,15-16,18-19,21-23,26,33-34,38-43,46-54,57-60H,3-8,11,14,17,20,24-25,27-32,35-37H2,1-2H3,(H,64,65)(H2,61,62,63)/b10-9-,13-12-,16-15-,19-18-,22-21-,26-23+,34-33+/t38-,39+,40-,41-,42-,43+,46+,47+,48-,49+,50+,51-/m0/s1. The number of aliphatic hydroxyl groups is 7. The minimum Gasteiger partial charge on any atom is -0.462 e. The maximum absolute atomic E-state index is 13.8. The summed E-state index contributed by atoms with van der Waals surface area (Å²) in [4.78, 5) is 56.8. The van der Waals surface area contributed by atoms with E-state index < -0.39 is 120 Å². The fourth-order valence-corrected chi connectivity index (χ4v) is 9.47. The van der Waals surface area contributed by atoms with Crippen LogP contribution in [0.4, 0.5) is 0 Å². The SMILES string of the molecule is CCCCC/C=C\C/C=C\C/C=C\C/C=C\C/C=C\CCC(=O)O[C@@H]1COC(=O)CCC/C=C/C[C@@H]2[C@@H](O)[C@H](O)[C@@H](O)[C@H](OP(=O)(O)OC1)[C@H](OP(=O)(O)O)[C@H](O)[C@@H](/C=C/[C@@H](O)CCCCC)[C@H](O)C[C@@H]2O. The first-order valence-corrected chi connectivity index (χ1v) is 28.4. The highest BCUT2D eigenvalue weighted by Crippen LogP contribution is 2.50. The van der Waals surface area contributed by atoms with E-state index in [1.165, 1.54) is 31.4 Å². The van der Waals surface area contributed by atoms with E-state index in [9.17, 15) is 69.1 Å². The summed E-state index contributed by atoms with van der Waals surface area (Å²) in [5, 5.41) is 79.9. The van der Waals surface area contributed by atoms with Crippen molar-refractivity contribution in [2.45, 2.75) is 197 Å². The zero-order valence-corrected chi connectivity index (χ0v) is 43.7. The summed E-state index contributed by atoms with van der Waals surface area (Å²) in [5.41, 5.74) is 0. The number of cyclic esters (lactones) is 1. The Labute approximate surface area is 425 Å². The minimum atomic E-state index is -5.78. The number of phosphoric ester groups is 2. The van der Waals surface area contributed by atoms with Gasteiger partial charge in [0.1, 0.15) is 31.0 Å². The van der Waals surface area contributed by atoms with Crippen LogP contribution in [0, 0.1) is 11.8 Å². The third-order valence-electron chi connectivity index (χ3n) is 12.0. The lowest BCUT2D eigenvalue weighted by Gasteiger charge is -2.38. The maximum Gasteiger partial charge on any atom is 0.472 e. The highest BCUT2D eigenvalue weighted by atomic mass is 31.2. The average molecular weight is 1060 g/mol. The molecule has 1 unspecified atom stereocenters. The average Bonchev–Trinajstić information content (AvgIpc) is 3.32. The van der Waals surface area contributed by atoms with Crippen LogP contribution in [0.2, 0.25) is 0 Å². The molecule has 0 aromatic carbocycles. The molecule has 412 valence electrons. The number of hydrogen-bond donors (Lipinski definition) is 10. The Morgan fingerprint density at radius 2 is 1.39 bits per heavy atom. The van der Waals surface area contributed by atoms with Gasteiger partial charge in [-0.2, -0.15) is 0 Å². The van der Waals surface area contributed by atoms with Gasteiger partial charge >= 0.3 is 27.6 Å². The molecule has 72 heavy (non-hydrogen) atoms. The van der Waals surface area contributed by atoms with E-state index in [1.807, 2.05) is 25.2 Å². The first kappa shape index (κ1) is 65.2. The van der Waals surface area contributed by atoms with E-state index in [4.69, 9.17) is 23.0 Å². The first-order valence-electron chi connectivity index (χ1n) is 25.4. The van der Waals surface area contributed by atoms with Crippen molar-refractivity contribution in [3.05, 3.63) is 85.1 Å². The summed E-state index contributed by atoms with van der Waals surface area (Å²) >= 11 is 0. The monoisotopic (exact) mass is 1060 g/mol. The summed E-state index contributed by atoms with van der Waals surface area (Å²) < 4.78 is 52.2. The van der Waals surface area contributed by atoms with Gasteiger partial charge in [0.25, 0.3) is 0 Å². The van der Waals surface area contributed by atoms with Crippen molar-refractivity contribution in [1.82, 2.24) is 0 Å². The van der Waals surface area contributed by atoms with Crippen molar-refractivity contribution in [3.8, 4) is 0 Å². The summed E-state index contributed by atoms with van der Waals surface area (Å²) in [5.74, 6) is -4.65. The van der Waals surface area contributed by atoms with Gasteiger partial charge in [-0.05, 0) is 70.6 Å². The van der Waals surface area contributed by atoms with E-state index in [2.05, 4.69) is 43.4 Å². The lowest BCUT2D eigenvalue weighted by Crippen LogP contribution is -2.56. The Kier molecular flexibility index (Phi) is 33.4. The van der Waals surface area contributed by atoms with Gasteiger partial charge in [-0.15, -0.1) is 0 Å². The lowest BCUT2D eigenvalue weighted by molar-refractivity contribution is -0.165. The summed E-state index contributed by atoms with van der Waals surface area (Å²) in [6, 6.07) is 0. The van der Waals surface area contributed by atoms with Gasteiger partial charge in [0.15, 0.2) is 6.10 Å². The number of carbonyl (C=O) groups excluding carboxylic acids is 2. The lowest BCUT2D eigenvalue weighted by atomic mass is 9.83. The van der Waals surface area contributed by atoms with Gasteiger partial charge in [0.05, 0.1) is 37.1 Å². The fraction of sp³-hybridized carbons (Fsp3) is 0.686. The van der Waals surface area contributed by atoms with Crippen LogP contribution in [0.15, 0.2) is 85.1 Å². The molecular weight excluding hydrogens is 978 g/mol. The van der Waals surface area contributed by atoms with Crippen LogP contribution in [-0.2, 0) is 41.8 Å². The normalized spacial score (nSPS) is 31.3. The van der Waals surface area contributed by atoms with Crippen LogP contribution in [-0.4, -0.2) is 137 Å². The molecule has 1 aliphatic heterocycles. The van der Waals surface area contributed by atoms with Gasteiger partial charge in [-0.25, -0.2) is 9.13 Å². The largest absolute Gasteiger partial charge is 0.472 e. The van der Waals surface area contributed by atoms with Gasteiger partial charge in [-0.1, -0.05) is 131 Å². The Morgan fingerprint density at radius 1 is 0.792 bits per heavy atom. The molecule has 0 radical (unpaired) electrons. The molecule has 1 saturated carbocycles. The Hall–Kier alpha value is -2.94. The van der Waals surface area contributed by atoms with Crippen molar-refractivity contribution >= 4 is 27.6 Å². The molecule has 0 aromatic rings. The molecule has 0 amide bonds. The van der Waals surface area contributed by atoms with E-state index in [0.29, 0.717) is 12.8 Å². The Balaban J connectivity index is 2.31. The quantitative estimate of drug-likeness (QED) is 0.0212. The number of fused-ring (bicyclic) bond motifs is 4. The van der Waals surface area contributed by atoms with Crippen LogP contribution in [0.5, 0.6) is 0 Å². The second-order valence-electron chi connectivity index (χ2n) is 18.1. The van der Waals surface area contributed by atoms with Crippen LogP contribution in [0.25, 0.3) is 0 Å².